The third-order valence-electron chi connectivity index (χ3n) is 2.16. The van der Waals surface area contributed by atoms with Crippen LogP contribution in [0, 0.1) is 3.57 Å². The van der Waals surface area contributed by atoms with E-state index in [9.17, 15) is 0 Å². The minimum atomic E-state index is 0.403. The SMILES string of the molecule is CCOc1nc(Oc2cccc(I)c2)ccc1N. The van der Waals surface area contributed by atoms with Gasteiger partial charge >= 0.3 is 0 Å². The van der Waals surface area contributed by atoms with Crippen molar-refractivity contribution >= 4 is 28.3 Å². The molecule has 94 valence electrons. The number of nitrogens with zero attached hydrogens (tertiary/aromatic N) is 1. The van der Waals surface area contributed by atoms with Gasteiger partial charge in [-0.2, -0.15) is 4.98 Å². The number of halogens is 1. The van der Waals surface area contributed by atoms with Crippen LogP contribution < -0.4 is 15.2 Å². The number of hydrogen-bond donors (Lipinski definition) is 1. The Bertz CT molecular complexity index is 546. The molecule has 2 aromatic rings. The van der Waals surface area contributed by atoms with Gasteiger partial charge in [-0.15, -0.1) is 0 Å². The third-order valence-corrected chi connectivity index (χ3v) is 2.83. The molecule has 2 N–H and O–H groups in total. The average molecular weight is 356 g/mol. The molecule has 5 heteroatoms. The first-order valence-corrected chi connectivity index (χ1v) is 6.59. The minimum Gasteiger partial charge on any atom is -0.476 e. The molecule has 1 heterocycles. The largest absolute Gasteiger partial charge is 0.476 e. The van der Waals surface area contributed by atoms with Gasteiger partial charge in [0.25, 0.3) is 0 Å². The number of pyridine rings is 1. The number of nitrogens with two attached hydrogens (primary N) is 1. The lowest BCUT2D eigenvalue weighted by molar-refractivity contribution is 0.323. The Kier molecular flexibility index (Phi) is 4.24. The summed E-state index contributed by atoms with van der Waals surface area (Å²) in [6.45, 7) is 2.40. The summed E-state index contributed by atoms with van der Waals surface area (Å²) in [6, 6.07) is 11.2. The van der Waals surface area contributed by atoms with Crippen molar-refractivity contribution in [3.63, 3.8) is 0 Å². The molecule has 18 heavy (non-hydrogen) atoms. The van der Waals surface area contributed by atoms with Gasteiger partial charge in [0.05, 0.1) is 12.3 Å². The predicted octanol–water partition coefficient (Wildman–Crippen LogP) is 3.46. The van der Waals surface area contributed by atoms with Gasteiger partial charge < -0.3 is 15.2 Å². The van der Waals surface area contributed by atoms with Gasteiger partial charge in [0, 0.05) is 9.64 Å². The van der Waals surface area contributed by atoms with Crippen molar-refractivity contribution in [3.05, 3.63) is 40.0 Å². The number of hydrogen-bond acceptors (Lipinski definition) is 4. The molecular formula is C13H13IN2O2. The van der Waals surface area contributed by atoms with E-state index in [-0.39, 0.29) is 0 Å². The number of rotatable bonds is 4. The van der Waals surface area contributed by atoms with E-state index < -0.39 is 0 Å². The van der Waals surface area contributed by atoms with E-state index in [1.54, 1.807) is 12.1 Å². The lowest BCUT2D eigenvalue weighted by Crippen LogP contribution is -2.00. The molecule has 1 aromatic heterocycles. The summed E-state index contributed by atoms with van der Waals surface area (Å²) in [6.07, 6.45) is 0. The maximum Gasteiger partial charge on any atom is 0.240 e. The van der Waals surface area contributed by atoms with Gasteiger partial charge in [0.2, 0.25) is 11.8 Å². The van der Waals surface area contributed by atoms with Crippen molar-refractivity contribution in [2.75, 3.05) is 12.3 Å². The second kappa shape index (κ2) is 5.90. The van der Waals surface area contributed by atoms with Crippen LogP contribution in [0.3, 0.4) is 0 Å². The molecule has 1 aromatic carbocycles. The second-order valence-electron chi connectivity index (χ2n) is 3.54. The van der Waals surface area contributed by atoms with Crippen LogP contribution in [-0.4, -0.2) is 11.6 Å². The molecule has 0 aliphatic rings. The maximum absolute atomic E-state index is 5.75. The van der Waals surface area contributed by atoms with Crippen molar-refractivity contribution in [3.8, 4) is 17.5 Å². The lowest BCUT2D eigenvalue weighted by atomic mass is 10.3. The molecular weight excluding hydrogens is 343 g/mol. The quantitative estimate of drug-likeness (QED) is 0.853. The zero-order valence-electron chi connectivity index (χ0n) is 9.89. The van der Waals surface area contributed by atoms with E-state index in [2.05, 4.69) is 27.6 Å². The molecule has 0 saturated heterocycles. The minimum absolute atomic E-state index is 0.403. The van der Waals surface area contributed by atoms with Crippen LogP contribution in [-0.2, 0) is 0 Å². The third kappa shape index (κ3) is 3.25. The number of aromatic nitrogens is 1. The van der Waals surface area contributed by atoms with Gasteiger partial charge in [-0.1, -0.05) is 6.07 Å². The van der Waals surface area contributed by atoms with Crippen molar-refractivity contribution in [2.45, 2.75) is 6.92 Å². The van der Waals surface area contributed by atoms with E-state index >= 15 is 0 Å². The summed E-state index contributed by atoms with van der Waals surface area (Å²) in [4.78, 5) is 4.22. The van der Waals surface area contributed by atoms with E-state index in [0.717, 1.165) is 9.32 Å². The smallest absolute Gasteiger partial charge is 0.240 e. The Hall–Kier alpha value is -1.50. The summed E-state index contributed by atoms with van der Waals surface area (Å²) in [5.41, 5.74) is 6.26. The highest BCUT2D eigenvalue weighted by Gasteiger charge is 2.05. The summed E-state index contributed by atoms with van der Waals surface area (Å²) in [7, 11) is 0. The van der Waals surface area contributed by atoms with Gasteiger partial charge in [-0.05, 0) is 53.8 Å². The Morgan fingerprint density at radius 3 is 2.83 bits per heavy atom. The van der Waals surface area contributed by atoms with Crippen molar-refractivity contribution < 1.29 is 9.47 Å². The molecule has 0 unspecified atom stereocenters. The fourth-order valence-electron chi connectivity index (χ4n) is 1.39. The first-order chi connectivity index (χ1) is 8.69. The normalized spacial score (nSPS) is 10.1. The first kappa shape index (κ1) is 12.9. The zero-order chi connectivity index (χ0) is 13.0. The van der Waals surface area contributed by atoms with Gasteiger partial charge in [-0.3, -0.25) is 0 Å². The molecule has 0 radical (unpaired) electrons. The van der Waals surface area contributed by atoms with E-state index in [4.69, 9.17) is 15.2 Å². The maximum atomic E-state index is 5.75. The van der Waals surface area contributed by atoms with Crippen LogP contribution in [0.2, 0.25) is 0 Å². The molecule has 0 aliphatic heterocycles. The monoisotopic (exact) mass is 356 g/mol. The van der Waals surface area contributed by atoms with Gasteiger partial charge in [-0.25, -0.2) is 0 Å². The molecule has 4 nitrogen and oxygen atoms in total. The lowest BCUT2D eigenvalue weighted by Gasteiger charge is -2.09. The Morgan fingerprint density at radius 1 is 1.28 bits per heavy atom. The highest BCUT2D eigenvalue weighted by Crippen LogP contribution is 2.26. The fourth-order valence-corrected chi connectivity index (χ4v) is 1.91. The van der Waals surface area contributed by atoms with E-state index in [0.29, 0.717) is 24.1 Å². The Balaban J connectivity index is 2.21. The Morgan fingerprint density at radius 2 is 2.11 bits per heavy atom. The molecule has 0 amide bonds. The Labute approximate surface area is 119 Å². The van der Waals surface area contributed by atoms with Gasteiger partial charge in [0.15, 0.2) is 0 Å². The summed E-state index contributed by atoms with van der Waals surface area (Å²) < 4.78 is 12.1. The van der Waals surface area contributed by atoms with Crippen molar-refractivity contribution in [1.29, 1.82) is 0 Å². The summed E-state index contributed by atoms with van der Waals surface area (Å²) in [5, 5.41) is 0. The highest BCUT2D eigenvalue weighted by molar-refractivity contribution is 14.1. The predicted molar refractivity (Wildman–Crippen MR) is 79.1 cm³/mol. The molecule has 2 rings (SSSR count). The zero-order valence-corrected chi connectivity index (χ0v) is 12.0. The molecule has 0 atom stereocenters. The molecule has 0 fully saturated rings. The molecule has 0 aliphatic carbocycles. The van der Waals surface area contributed by atoms with Crippen LogP contribution in [0.15, 0.2) is 36.4 Å². The molecule has 0 bridgehead atoms. The molecule has 0 spiro atoms. The van der Waals surface area contributed by atoms with Crippen LogP contribution in [0.5, 0.6) is 17.5 Å². The average Bonchev–Trinajstić information content (AvgIpc) is 2.34. The highest BCUT2D eigenvalue weighted by atomic mass is 127. The van der Waals surface area contributed by atoms with Crippen LogP contribution in [0.4, 0.5) is 5.69 Å². The number of benzene rings is 1. The number of nitrogen functional groups attached to an aromatic ring is 1. The van der Waals surface area contributed by atoms with Crippen LogP contribution in [0.25, 0.3) is 0 Å². The fraction of sp³-hybridized carbons (Fsp3) is 0.154. The van der Waals surface area contributed by atoms with Crippen molar-refractivity contribution in [2.24, 2.45) is 0 Å². The topological polar surface area (TPSA) is 57.4 Å². The first-order valence-electron chi connectivity index (χ1n) is 5.52. The number of ether oxygens (including phenoxy) is 2. The molecule has 0 saturated carbocycles. The van der Waals surface area contributed by atoms with Crippen LogP contribution in [0.1, 0.15) is 6.92 Å². The van der Waals surface area contributed by atoms with E-state index in [1.807, 2.05) is 31.2 Å². The standard InChI is InChI=1S/C13H13IN2O2/c1-2-17-13-11(15)6-7-12(16-13)18-10-5-3-4-9(14)8-10/h3-8H,2,15H2,1H3. The number of anilines is 1. The summed E-state index contributed by atoms with van der Waals surface area (Å²) >= 11 is 2.23. The van der Waals surface area contributed by atoms with E-state index in [1.165, 1.54) is 0 Å². The second-order valence-corrected chi connectivity index (χ2v) is 4.78. The van der Waals surface area contributed by atoms with Gasteiger partial charge in [0.1, 0.15) is 5.75 Å². The van der Waals surface area contributed by atoms with Crippen molar-refractivity contribution in [1.82, 2.24) is 4.98 Å². The van der Waals surface area contributed by atoms with Crippen LogP contribution >= 0.6 is 22.6 Å². The summed E-state index contributed by atoms with van der Waals surface area (Å²) in [5.74, 6) is 1.61.